The highest BCUT2D eigenvalue weighted by atomic mass is 19.4. The Morgan fingerprint density at radius 2 is 2.15 bits per heavy atom. The minimum atomic E-state index is -4.39. The summed E-state index contributed by atoms with van der Waals surface area (Å²) >= 11 is 0. The normalized spacial score (nSPS) is 25.4. The monoisotopic (exact) mass is 288 g/mol. The molecule has 112 valence electrons. The van der Waals surface area contributed by atoms with Crippen molar-refractivity contribution in [2.45, 2.75) is 44.0 Å². The van der Waals surface area contributed by atoms with Gasteiger partial charge in [0.1, 0.15) is 0 Å². The zero-order chi connectivity index (χ0) is 14.8. The van der Waals surface area contributed by atoms with E-state index in [-0.39, 0.29) is 5.56 Å². The van der Waals surface area contributed by atoms with Gasteiger partial charge in [-0.1, -0.05) is 0 Å². The van der Waals surface area contributed by atoms with E-state index in [4.69, 9.17) is 4.74 Å². The number of nitrogens with zero attached hydrogens (tertiary/aromatic N) is 1. The Hall–Kier alpha value is -1.14. The molecular weight excluding hydrogens is 269 g/mol. The van der Waals surface area contributed by atoms with Gasteiger partial charge in [-0.05, 0) is 39.3 Å². The van der Waals surface area contributed by atoms with Crippen LogP contribution in [0, 0.1) is 0 Å². The van der Waals surface area contributed by atoms with Gasteiger partial charge in [0.15, 0.2) is 0 Å². The molecule has 6 heteroatoms. The third-order valence-corrected chi connectivity index (χ3v) is 3.87. The van der Waals surface area contributed by atoms with Gasteiger partial charge in [-0.2, -0.15) is 13.2 Å². The Kier molecular flexibility index (Phi) is 4.34. The van der Waals surface area contributed by atoms with Crippen molar-refractivity contribution in [3.63, 3.8) is 0 Å². The van der Waals surface area contributed by atoms with Crippen LogP contribution in [-0.2, 0) is 10.9 Å². The smallest absolute Gasteiger partial charge is 0.373 e. The van der Waals surface area contributed by atoms with Gasteiger partial charge < -0.3 is 10.1 Å². The summed E-state index contributed by atoms with van der Waals surface area (Å²) in [6.07, 6.45) is 0.695. The molecule has 1 saturated heterocycles. The van der Waals surface area contributed by atoms with Crippen molar-refractivity contribution in [1.29, 1.82) is 0 Å². The van der Waals surface area contributed by atoms with Crippen LogP contribution in [0.3, 0.4) is 0 Å². The molecule has 1 aromatic heterocycles. The minimum Gasteiger partial charge on any atom is -0.373 e. The summed E-state index contributed by atoms with van der Waals surface area (Å²) in [7, 11) is 1.65. The molecule has 0 radical (unpaired) electrons. The minimum absolute atomic E-state index is 0.145. The molecule has 0 spiro atoms. The van der Waals surface area contributed by atoms with Crippen LogP contribution in [0.2, 0.25) is 0 Å². The maximum atomic E-state index is 13.1. The summed E-state index contributed by atoms with van der Waals surface area (Å²) in [5.41, 5.74) is -1.15. The number of ether oxygens (including phenoxy) is 1. The van der Waals surface area contributed by atoms with E-state index in [0.29, 0.717) is 6.61 Å². The molecule has 2 unspecified atom stereocenters. The molecule has 2 rings (SSSR count). The van der Waals surface area contributed by atoms with E-state index >= 15 is 0 Å². The van der Waals surface area contributed by atoms with Gasteiger partial charge in [0, 0.05) is 24.6 Å². The molecule has 1 aliphatic heterocycles. The van der Waals surface area contributed by atoms with Crippen molar-refractivity contribution >= 4 is 0 Å². The fraction of sp³-hybridized carbons (Fsp3) is 0.643. The molecule has 1 aliphatic rings. The van der Waals surface area contributed by atoms with Gasteiger partial charge in [0.25, 0.3) is 0 Å². The van der Waals surface area contributed by atoms with Crippen LogP contribution < -0.4 is 5.32 Å². The second kappa shape index (κ2) is 5.69. The molecule has 0 aliphatic carbocycles. The standard InChI is InChI=1S/C14H19F3N2O/c1-13(6-3-4-8-20-13)12(18-2)10-9-19-7-5-11(10)14(15,16)17/h5,7,9,12,18H,3-4,6,8H2,1-2H3. The lowest BCUT2D eigenvalue weighted by atomic mass is 9.83. The number of rotatable bonds is 3. The summed E-state index contributed by atoms with van der Waals surface area (Å²) < 4.78 is 45.2. The van der Waals surface area contributed by atoms with Gasteiger partial charge in [-0.15, -0.1) is 0 Å². The van der Waals surface area contributed by atoms with E-state index in [1.165, 1.54) is 12.4 Å². The first-order valence-electron chi connectivity index (χ1n) is 6.71. The topological polar surface area (TPSA) is 34.2 Å². The molecule has 3 nitrogen and oxygen atoms in total. The zero-order valence-corrected chi connectivity index (χ0v) is 11.6. The van der Waals surface area contributed by atoms with E-state index < -0.39 is 23.4 Å². The summed E-state index contributed by atoms with van der Waals surface area (Å²) in [4.78, 5) is 3.86. The molecule has 20 heavy (non-hydrogen) atoms. The molecule has 0 bridgehead atoms. The Bertz CT molecular complexity index is 456. The average molecular weight is 288 g/mol. The molecule has 2 atom stereocenters. The number of hydrogen-bond donors (Lipinski definition) is 1. The predicted octanol–water partition coefficient (Wildman–Crippen LogP) is 3.32. The van der Waals surface area contributed by atoms with Crippen molar-refractivity contribution in [3.8, 4) is 0 Å². The first kappa shape index (κ1) is 15.3. The fourth-order valence-corrected chi connectivity index (χ4v) is 2.87. The highest BCUT2D eigenvalue weighted by Crippen LogP contribution is 2.41. The van der Waals surface area contributed by atoms with E-state index in [1.54, 1.807) is 7.05 Å². The lowest BCUT2D eigenvalue weighted by molar-refractivity contribution is -0.140. The van der Waals surface area contributed by atoms with Gasteiger partial charge in [0.05, 0.1) is 17.2 Å². The van der Waals surface area contributed by atoms with E-state index in [0.717, 1.165) is 25.3 Å². The largest absolute Gasteiger partial charge is 0.416 e. The van der Waals surface area contributed by atoms with Crippen LogP contribution in [0.15, 0.2) is 18.5 Å². The van der Waals surface area contributed by atoms with Crippen LogP contribution in [-0.4, -0.2) is 24.2 Å². The molecular formula is C14H19F3N2O. The maximum absolute atomic E-state index is 13.1. The van der Waals surface area contributed by atoms with Crippen molar-refractivity contribution in [1.82, 2.24) is 10.3 Å². The highest BCUT2D eigenvalue weighted by Gasteiger charge is 2.42. The number of nitrogens with one attached hydrogen (secondary N) is 1. The molecule has 0 saturated carbocycles. The van der Waals surface area contributed by atoms with E-state index in [9.17, 15) is 13.2 Å². The summed E-state index contributed by atoms with van der Waals surface area (Å²) in [6, 6.07) is 0.486. The lowest BCUT2D eigenvalue weighted by Crippen LogP contribution is -2.45. The van der Waals surface area contributed by atoms with Crippen molar-refractivity contribution in [2.24, 2.45) is 0 Å². The third kappa shape index (κ3) is 2.96. The number of hydrogen-bond acceptors (Lipinski definition) is 3. The Morgan fingerprint density at radius 3 is 2.70 bits per heavy atom. The van der Waals surface area contributed by atoms with Crippen molar-refractivity contribution in [3.05, 3.63) is 29.6 Å². The van der Waals surface area contributed by atoms with Gasteiger partial charge in [-0.3, -0.25) is 4.98 Å². The number of pyridine rings is 1. The fourth-order valence-electron chi connectivity index (χ4n) is 2.87. The molecule has 1 fully saturated rings. The zero-order valence-electron chi connectivity index (χ0n) is 11.6. The van der Waals surface area contributed by atoms with E-state index in [2.05, 4.69) is 10.3 Å². The molecule has 1 N–H and O–H groups in total. The maximum Gasteiger partial charge on any atom is 0.416 e. The average Bonchev–Trinajstić information content (AvgIpc) is 2.39. The lowest BCUT2D eigenvalue weighted by Gasteiger charge is -2.41. The Morgan fingerprint density at radius 1 is 1.40 bits per heavy atom. The number of alkyl halides is 3. The molecule has 2 heterocycles. The highest BCUT2D eigenvalue weighted by molar-refractivity contribution is 5.31. The Balaban J connectivity index is 2.42. The predicted molar refractivity (Wildman–Crippen MR) is 69.2 cm³/mol. The van der Waals surface area contributed by atoms with Crippen molar-refractivity contribution in [2.75, 3.05) is 13.7 Å². The molecule has 0 aromatic carbocycles. The van der Waals surface area contributed by atoms with Gasteiger partial charge >= 0.3 is 6.18 Å². The quantitative estimate of drug-likeness (QED) is 0.926. The van der Waals surface area contributed by atoms with Crippen LogP contribution in [0.5, 0.6) is 0 Å². The summed E-state index contributed by atoms with van der Waals surface area (Å²) in [6.45, 7) is 2.44. The number of likely N-dealkylation sites (N-methyl/N-ethyl adjacent to an activating group) is 1. The van der Waals surface area contributed by atoms with Gasteiger partial charge in [-0.25, -0.2) is 0 Å². The van der Waals surface area contributed by atoms with E-state index in [1.807, 2.05) is 6.92 Å². The van der Waals surface area contributed by atoms with Gasteiger partial charge in [0.2, 0.25) is 0 Å². The first-order chi connectivity index (χ1) is 9.38. The van der Waals surface area contributed by atoms with Crippen LogP contribution in [0.1, 0.15) is 43.4 Å². The van der Waals surface area contributed by atoms with Crippen LogP contribution in [0.25, 0.3) is 0 Å². The molecule has 1 aromatic rings. The summed E-state index contributed by atoms with van der Waals surface area (Å²) in [5.74, 6) is 0. The third-order valence-electron chi connectivity index (χ3n) is 3.87. The molecule has 0 amide bonds. The first-order valence-corrected chi connectivity index (χ1v) is 6.71. The second-order valence-electron chi connectivity index (χ2n) is 5.30. The van der Waals surface area contributed by atoms with Crippen LogP contribution >= 0.6 is 0 Å². The van der Waals surface area contributed by atoms with Crippen molar-refractivity contribution < 1.29 is 17.9 Å². The SMILES string of the molecule is CNC(c1cnccc1C(F)(F)F)C1(C)CCCCO1. The second-order valence-corrected chi connectivity index (χ2v) is 5.30. The number of halogens is 3. The summed E-state index contributed by atoms with van der Waals surface area (Å²) in [5, 5.41) is 2.98. The number of aromatic nitrogens is 1. The Labute approximate surface area is 116 Å². The van der Waals surface area contributed by atoms with Crippen LogP contribution in [0.4, 0.5) is 13.2 Å².